The second-order valence-corrected chi connectivity index (χ2v) is 6.95. The predicted octanol–water partition coefficient (Wildman–Crippen LogP) is 4.14. The lowest BCUT2D eigenvalue weighted by Crippen LogP contribution is -2.12. The van der Waals surface area contributed by atoms with Crippen molar-refractivity contribution in [3.05, 3.63) is 38.6 Å². The number of nitrogens with one attached hydrogen (secondary N) is 1. The average Bonchev–Trinajstić information content (AvgIpc) is 2.94. The van der Waals surface area contributed by atoms with Gasteiger partial charge in [0.15, 0.2) is 0 Å². The molecule has 19 heavy (non-hydrogen) atoms. The Labute approximate surface area is 119 Å². The minimum atomic E-state index is -0.0264. The molecule has 0 saturated carbocycles. The summed E-state index contributed by atoms with van der Waals surface area (Å²) < 4.78 is 0. The molecule has 0 aliphatic carbocycles. The highest BCUT2D eigenvalue weighted by molar-refractivity contribution is 7.20. The van der Waals surface area contributed by atoms with Gasteiger partial charge in [0, 0.05) is 21.2 Å². The van der Waals surface area contributed by atoms with Gasteiger partial charge in [0.25, 0.3) is 5.56 Å². The Balaban J connectivity index is 2.37. The van der Waals surface area contributed by atoms with Crippen molar-refractivity contribution in [2.75, 3.05) is 0 Å². The molecule has 0 unspecified atom stereocenters. The zero-order valence-electron chi connectivity index (χ0n) is 11.0. The van der Waals surface area contributed by atoms with Crippen molar-refractivity contribution < 1.29 is 0 Å². The van der Waals surface area contributed by atoms with Crippen LogP contribution < -0.4 is 5.56 Å². The standard InChI is InChI=1S/C14H14N2OS2/c1-7(2)12-15-13(17)11-10(9-5-4-6-18-9)8(3)19-14(11)16-12/h4-7H,1-3H3,(H,15,16,17). The van der Waals surface area contributed by atoms with Crippen molar-refractivity contribution in [1.82, 2.24) is 9.97 Å². The number of thiophene rings is 2. The van der Waals surface area contributed by atoms with Crippen molar-refractivity contribution in [3.8, 4) is 10.4 Å². The molecule has 3 rings (SSSR count). The fourth-order valence-electron chi connectivity index (χ4n) is 2.13. The lowest BCUT2D eigenvalue weighted by atomic mass is 10.1. The summed E-state index contributed by atoms with van der Waals surface area (Å²) in [5.41, 5.74) is 1.01. The molecular formula is C14H14N2OS2. The smallest absolute Gasteiger partial charge is 0.260 e. The van der Waals surface area contributed by atoms with E-state index in [0.717, 1.165) is 31.4 Å². The molecule has 1 N–H and O–H groups in total. The SMILES string of the molecule is Cc1sc2nc(C(C)C)[nH]c(=O)c2c1-c1cccs1. The third-order valence-electron chi connectivity index (χ3n) is 3.07. The van der Waals surface area contributed by atoms with Crippen LogP contribution in [0.3, 0.4) is 0 Å². The van der Waals surface area contributed by atoms with Gasteiger partial charge in [-0.25, -0.2) is 4.98 Å². The van der Waals surface area contributed by atoms with Crippen LogP contribution in [-0.4, -0.2) is 9.97 Å². The number of aromatic nitrogens is 2. The number of aromatic amines is 1. The Kier molecular flexibility index (Phi) is 3.03. The third-order valence-corrected chi connectivity index (χ3v) is 4.96. The van der Waals surface area contributed by atoms with E-state index < -0.39 is 0 Å². The van der Waals surface area contributed by atoms with E-state index in [1.54, 1.807) is 22.7 Å². The highest BCUT2D eigenvalue weighted by atomic mass is 32.1. The van der Waals surface area contributed by atoms with Crippen LogP contribution in [0.25, 0.3) is 20.7 Å². The topological polar surface area (TPSA) is 45.8 Å². The first kappa shape index (κ1) is 12.6. The molecule has 0 aliphatic heterocycles. The normalized spacial score (nSPS) is 11.6. The summed E-state index contributed by atoms with van der Waals surface area (Å²) in [4.78, 5) is 23.0. The van der Waals surface area contributed by atoms with Crippen LogP contribution in [0.2, 0.25) is 0 Å². The molecular weight excluding hydrogens is 276 g/mol. The van der Waals surface area contributed by atoms with Crippen LogP contribution in [0.5, 0.6) is 0 Å². The molecule has 0 atom stereocenters. The minimum Gasteiger partial charge on any atom is -0.310 e. The van der Waals surface area contributed by atoms with E-state index in [9.17, 15) is 4.79 Å². The fraction of sp³-hybridized carbons (Fsp3) is 0.286. The molecule has 0 fully saturated rings. The molecule has 3 nitrogen and oxygen atoms in total. The highest BCUT2D eigenvalue weighted by Crippen LogP contribution is 2.37. The highest BCUT2D eigenvalue weighted by Gasteiger charge is 2.17. The van der Waals surface area contributed by atoms with Gasteiger partial charge < -0.3 is 4.98 Å². The first-order valence-electron chi connectivity index (χ1n) is 6.15. The summed E-state index contributed by atoms with van der Waals surface area (Å²) in [6.07, 6.45) is 0. The van der Waals surface area contributed by atoms with Gasteiger partial charge in [-0.1, -0.05) is 19.9 Å². The molecule has 0 aromatic carbocycles. The summed E-state index contributed by atoms with van der Waals surface area (Å²) >= 11 is 3.25. The average molecular weight is 290 g/mol. The molecule has 3 aromatic rings. The summed E-state index contributed by atoms with van der Waals surface area (Å²) in [7, 11) is 0. The van der Waals surface area contributed by atoms with Gasteiger partial charge >= 0.3 is 0 Å². The molecule has 5 heteroatoms. The van der Waals surface area contributed by atoms with Gasteiger partial charge in [0.1, 0.15) is 10.7 Å². The van der Waals surface area contributed by atoms with Gasteiger partial charge in [-0.05, 0) is 18.4 Å². The second-order valence-electron chi connectivity index (χ2n) is 4.80. The third kappa shape index (κ3) is 2.03. The zero-order valence-corrected chi connectivity index (χ0v) is 12.6. The molecule has 0 bridgehead atoms. The number of aryl methyl sites for hydroxylation is 1. The van der Waals surface area contributed by atoms with Crippen LogP contribution in [0, 0.1) is 6.92 Å². The summed E-state index contributed by atoms with van der Waals surface area (Å²) in [5.74, 6) is 0.987. The molecule has 0 aliphatic rings. The molecule has 0 radical (unpaired) electrons. The predicted molar refractivity (Wildman–Crippen MR) is 82.4 cm³/mol. The van der Waals surface area contributed by atoms with Crippen molar-refractivity contribution in [1.29, 1.82) is 0 Å². The van der Waals surface area contributed by atoms with E-state index >= 15 is 0 Å². The van der Waals surface area contributed by atoms with Crippen LogP contribution in [0.15, 0.2) is 22.3 Å². The Bertz CT molecular complexity index is 782. The number of hydrogen-bond donors (Lipinski definition) is 1. The van der Waals surface area contributed by atoms with Crippen LogP contribution in [-0.2, 0) is 0 Å². The van der Waals surface area contributed by atoms with Gasteiger partial charge in [0.2, 0.25) is 0 Å². The largest absolute Gasteiger partial charge is 0.310 e. The summed E-state index contributed by atoms with van der Waals surface area (Å²) in [6, 6.07) is 4.06. The van der Waals surface area contributed by atoms with E-state index in [-0.39, 0.29) is 11.5 Å². The van der Waals surface area contributed by atoms with Crippen molar-refractivity contribution in [2.24, 2.45) is 0 Å². The summed E-state index contributed by atoms with van der Waals surface area (Å²) in [6.45, 7) is 6.12. The molecule has 3 heterocycles. The van der Waals surface area contributed by atoms with Gasteiger partial charge in [-0.15, -0.1) is 22.7 Å². The van der Waals surface area contributed by atoms with E-state index in [0.29, 0.717) is 0 Å². The number of H-pyrrole nitrogens is 1. The molecule has 3 aromatic heterocycles. The quantitative estimate of drug-likeness (QED) is 0.770. The van der Waals surface area contributed by atoms with E-state index in [4.69, 9.17) is 0 Å². The first-order valence-corrected chi connectivity index (χ1v) is 7.84. The Morgan fingerprint density at radius 2 is 2.16 bits per heavy atom. The number of rotatable bonds is 2. The van der Waals surface area contributed by atoms with Crippen LogP contribution in [0.4, 0.5) is 0 Å². The second kappa shape index (κ2) is 4.58. The first-order chi connectivity index (χ1) is 9.08. The maximum Gasteiger partial charge on any atom is 0.260 e. The number of fused-ring (bicyclic) bond motifs is 1. The molecule has 0 spiro atoms. The molecule has 0 saturated heterocycles. The number of hydrogen-bond acceptors (Lipinski definition) is 4. The Morgan fingerprint density at radius 1 is 1.37 bits per heavy atom. The lowest BCUT2D eigenvalue weighted by molar-refractivity contribution is 0.778. The molecule has 0 amide bonds. The molecule has 98 valence electrons. The van der Waals surface area contributed by atoms with Crippen LogP contribution in [0.1, 0.15) is 30.5 Å². The maximum atomic E-state index is 12.3. The van der Waals surface area contributed by atoms with E-state index in [2.05, 4.69) is 23.0 Å². The maximum absolute atomic E-state index is 12.3. The lowest BCUT2D eigenvalue weighted by Gasteiger charge is -2.03. The van der Waals surface area contributed by atoms with Gasteiger partial charge in [0.05, 0.1) is 5.39 Å². The van der Waals surface area contributed by atoms with Gasteiger partial charge in [-0.2, -0.15) is 0 Å². The summed E-state index contributed by atoms with van der Waals surface area (Å²) in [5, 5.41) is 2.76. The van der Waals surface area contributed by atoms with E-state index in [1.165, 1.54) is 0 Å². The minimum absolute atomic E-state index is 0.0264. The van der Waals surface area contributed by atoms with Crippen molar-refractivity contribution in [2.45, 2.75) is 26.7 Å². The Morgan fingerprint density at radius 3 is 2.79 bits per heavy atom. The zero-order chi connectivity index (χ0) is 13.6. The monoisotopic (exact) mass is 290 g/mol. The van der Waals surface area contributed by atoms with Crippen molar-refractivity contribution in [3.63, 3.8) is 0 Å². The Hall–Kier alpha value is -1.46. The fourth-order valence-corrected chi connectivity index (χ4v) is 4.07. The van der Waals surface area contributed by atoms with E-state index in [1.807, 2.05) is 25.3 Å². The van der Waals surface area contributed by atoms with Crippen molar-refractivity contribution >= 4 is 32.9 Å². The van der Waals surface area contributed by atoms with Gasteiger partial charge in [-0.3, -0.25) is 4.79 Å². The number of nitrogens with zero attached hydrogens (tertiary/aromatic N) is 1. The van der Waals surface area contributed by atoms with Crippen LogP contribution >= 0.6 is 22.7 Å².